The molecular formula is C14H27N4O4P. The summed E-state index contributed by atoms with van der Waals surface area (Å²) >= 11 is 0. The SMILES string of the molecule is CC(=O)N[C@@H](CC(C)C)[C@@H]1CC=C(P(=O)(O)O)C[C@H]1N=C(N)N. The maximum absolute atomic E-state index is 11.5. The molecule has 0 spiro atoms. The van der Waals surface area contributed by atoms with Crippen LogP contribution in [-0.4, -0.2) is 33.7 Å². The molecule has 7 N–H and O–H groups in total. The van der Waals surface area contributed by atoms with Crippen LogP contribution >= 0.6 is 7.60 Å². The van der Waals surface area contributed by atoms with Crippen molar-refractivity contribution in [2.24, 2.45) is 28.3 Å². The minimum atomic E-state index is -4.31. The maximum atomic E-state index is 11.5. The third-order valence-electron chi connectivity index (χ3n) is 3.86. The van der Waals surface area contributed by atoms with E-state index in [4.69, 9.17) is 11.5 Å². The monoisotopic (exact) mass is 346 g/mol. The van der Waals surface area contributed by atoms with Gasteiger partial charge in [-0.25, -0.2) is 4.99 Å². The van der Waals surface area contributed by atoms with Crippen molar-refractivity contribution in [2.75, 3.05) is 0 Å². The van der Waals surface area contributed by atoms with Gasteiger partial charge in [-0.2, -0.15) is 0 Å². The van der Waals surface area contributed by atoms with Crippen LogP contribution in [0.2, 0.25) is 0 Å². The molecular weight excluding hydrogens is 319 g/mol. The first-order chi connectivity index (χ1) is 10.5. The largest absolute Gasteiger partial charge is 0.370 e. The normalized spacial score (nSPS) is 23.1. The van der Waals surface area contributed by atoms with Gasteiger partial charge < -0.3 is 26.6 Å². The Morgan fingerprint density at radius 2 is 2.09 bits per heavy atom. The van der Waals surface area contributed by atoms with Crippen molar-refractivity contribution in [3.05, 3.63) is 11.4 Å². The molecule has 23 heavy (non-hydrogen) atoms. The number of aliphatic imine (C=N–C) groups is 1. The topological polar surface area (TPSA) is 151 Å². The van der Waals surface area contributed by atoms with E-state index in [0.717, 1.165) is 6.42 Å². The van der Waals surface area contributed by atoms with E-state index in [1.165, 1.54) is 6.92 Å². The summed E-state index contributed by atoms with van der Waals surface area (Å²) in [7, 11) is -4.31. The first-order valence-electron chi connectivity index (χ1n) is 7.61. The second-order valence-electron chi connectivity index (χ2n) is 6.40. The average Bonchev–Trinajstić information content (AvgIpc) is 2.34. The Morgan fingerprint density at radius 1 is 1.48 bits per heavy atom. The van der Waals surface area contributed by atoms with Gasteiger partial charge >= 0.3 is 7.60 Å². The van der Waals surface area contributed by atoms with Crippen LogP contribution in [0.5, 0.6) is 0 Å². The van der Waals surface area contributed by atoms with Crippen LogP contribution in [0.25, 0.3) is 0 Å². The second-order valence-corrected chi connectivity index (χ2v) is 8.06. The Morgan fingerprint density at radius 3 is 2.52 bits per heavy atom. The van der Waals surface area contributed by atoms with Crippen LogP contribution in [0.3, 0.4) is 0 Å². The first-order valence-corrected chi connectivity index (χ1v) is 9.23. The molecule has 0 aromatic heterocycles. The molecule has 1 rings (SSSR count). The molecule has 1 amide bonds. The van der Waals surface area contributed by atoms with E-state index in [1.54, 1.807) is 6.08 Å². The van der Waals surface area contributed by atoms with Crippen LogP contribution in [-0.2, 0) is 9.36 Å². The van der Waals surface area contributed by atoms with Crippen molar-refractivity contribution in [3.63, 3.8) is 0 Å². The van der Waals surface area contributed by atoms with E-state index in [1.807, 2.05) is 13.8 Å². The summed E-state index contributed by atoms with van der Waals surface area (Å²) in [6.07, 6.45) is 2.78. The van der Waals surface area contributed by atoms with Gasteiger partial charge in [-0.1, -0.05) is 19.9 Å². The van der Waals surface area contributed by atoms with E-state index in [2.05, 4.69) is 10.3 Å². The van der Waals surface area contributed by atoms with Gasteiger partial charge in [0.25, 0.3) is 0 Å². The molecule has 0 aromatic rings. The lowest BCUT2D eigenvalue weighted by Gasteiger charge is -2.36. The number of nitrogens with one attached hydrogen (secondary N) is 1. The van der Waals surface area contributed by atoms with Gasteiger partial charge in [0, 0.05) is 30.6 Å². The fourth-order valence-electron chi connectivity index (χ4n) is 2.99. The molecule has 0 aromatic carbocycles. The van der Waals surface area contributed by atoms with Crippen molar-refractivity contribution < 1.29 is 19.1 Å². The van der Waals surface area contributed by atoms with Gasteiger partial charge in [-0.15, -0.1) is 0 Å². The third-order valence-corrected chi connectivity index (χ3v) is 4.97. The molecule has 0 heterocycles. The molecule has 1 aliphatic rings. The van der Waals surface area contributed by atoms with Crippen LogP contribution in [0.1, 0.15) is 40.0 Å². The van der Waals surface area contributed by atoms with E-state index < -0.39 is 13.6 Å². The lowest BCUT2D eigenvalue weighted by Crippen LogP contribution is -2.46. The fraction of sp³-hybridized carbons (Fsp3) is 0.714. The van der Waals surface area contributed by atoms with Crippen LogP contribution < -0.4 is 16.8 Å². The number of nitrogens with zero attached hydrogens (tertiary/aromatic N) is 1. The van der Waals surface area contributed by atoms with Gasteiger partial charge in [-0.05, 0) is 18.8 Å². The zero-order valence-corrected chi connectivity index (χ0v) is 14.7. The number of carbonyl (C=O) groups excluding carboxylic acids is 1. The van der Waals surface area contributed by atoms with Crippen LogP contribution in [0.15, 0.2) is 16.4 Å². The van der Waals surface area contributed by atoms with Crippen molar-refractivity contribution in [1.29, 1.82) is 0 Å². The molecule has 0 radical (unpaired) electrons. The molecule has 132 valence electrons. The number of hydrogen-bond acceptors (Lipinski definition) is 3. The zero-order chi connectivity index (χ0) is 17.8. The summed E-state index contributed by atoms with van der Waals surface area (Å²) in [4.78, 5) is 34.4. The summed E-state index contributed by atoms with van der Waals surface area (Å²) in [6, 6.07) is -0.626. The van der Waals surface area contributed by atoms with Gasteiger partial charge in [0.1, 0.15) is 0 Å². The number of rotatable bonds is 6. The molecule has 0 saturated carbocycles. The Bertz CT molecular complexity index is 537. The Balaban J connectivity index is 3.12. The molecule has 0 fully saturated rings. The van der Waals surface area contributed by atoms with E-state index in [-0.39, 0.29) is 35.6 Å². The first kappa shape index (κ1) is 19.7. The van der Waals surface area contributed by atoms with Crippen molar-refractivity contribution in [1.82, 2.24) is 5.32 Å². The number of nitrogens with two attached hydrogens (primary N) is 2. The van der Waals surface area contributed by atoms with Gasteiger partial charge in [-0.3, -0.25) is 9.36 Å². The van der Waals surface area contributed by atoms with E-state index in [0.29, 0.717) is 12.3 Å². The minimum absolute atomic E-state index is 0.0508. The highest BCUT2D eigenvalue weighted by Gasteiger charge is 2.37. The molecule has 0 saturated heterocycles. The fourth-order valence-corrected chi connectivity index (χ4v) is 3.76. The van der Waals surface area contributed by atoms with Crippen molar-refractivity contribution >= 4 is 19.5 Å². The van der Waals surface area contributed by atoms with Crippen LogP contribution in [0, 0.1) is 11.8 Å². The molecule has 1 aliphatic carbocycles. The number of carbonyl (C=O) groups is 1. The maximum Gasteiger partial charge on any atom is 0.351 e. The number of hydrogen-bond donors (Lipinski definition) is 5. The number of amides is 1. The highest BCUT2D eigenvalue weighted by atomic mass is 31.2. The molecule has 3 atom stereocenters. The highest BCUT2D eigenvalue weighted by Crippen LogP contribution is 2.50. The second kappa shape index (κ2) is 7.95. The smallest absolute Gasteiger partial charge is 0.351 e. The molecule has 9 heteroatoms. The molecule has 8 nitrogen and oxygen atoms in total. The van der Waals surface area contributed by atoms with E-state index in [9.17, 15) is 19.1 Å². The van der Waals surface area contributed by atoms with Crippen molar-refractivity contribution in [3.8, 4) is 0 Å². The third kappa shape index (κ3) is 6.33. The van der Waals surface area contributed by atoms with Gasteiger partial charge in [0.2, 0.25) is 5.91 Å². The zero-order valence-electron chi connectivity index (χ0n) is 13.8. The summed E-state index contributed by atoms with van der Waals surface area (Å²) in [5.41, 5.74) is 10.9. The summed E-state index contributed by atoms with van der Waals surface area (Å²) in [5, 5.41) is 2.98. The quantitative estimate of drug-likeness (QED) is 0.271. The summed E-state index contributed by atoms with van der Waals surface area (Å²) in [6.45, 7) is 5.54. The summed E-state index contributed by atoms with van der Waals surface area (Å²) in [5.74, 6) is -0.0421. The minimum Gasteiger partial charge on any atom is -0.370 e. The molecule has 0 aliphatic heterocycles. The van der Waals surface area contributed by atoms with Gasteiger partial charge in [0.15, 0.2) is 5.96 Å². The number of allylic oxidation sites excluding steroid dienone is 1. The lowest BCUT2D eigenvalue weighted by atomic mass is 9.80. The lowest BCUT2D eigenvalue weighted by molar-refractivity contribution is -0.120. The Labute approximate surface area is 136 Å². The standard InChI is InChI=1S/C14H27N4O4P/c1-8(2)6-12(17-9(3)19)11-5-4-10(23(20,21)22)7-13(11)18-14(15)16/h4,8,11-13H,5-7H2,1-3H3,(H,17,19)(H4,15,16,18)(H2,20,21,22)/t11-,12-,13+/m0/s1. The van der Waals surface area contributed by atoms with Crippen molar-refractivity contribution in [2.45, 2.75) is 52.1 Å². The highest BCUT2D eigenvalue weighted by molar-refractivity contribution is 7.56. The van der Waals surface area contributed by atoms with Crippen LogP contribution in [0.4, 0.5) is 0 Å². The Hall–Kier alpha value is -1.37. The van der Waals surface area contributed by atoms with Gasteiger partial charge in [0.05, 0.1) is 6.04 Å². The molecule has 0 unspecified atom stereocenters. The predicted octanol–water partition coefficient (Wildman–Crippen LogP) is 0.651. The predicted molar refractivity (Wildman–Crippen MR) is 89.5 cm³/mol. The summed E-state index contributed by atoms with van der Waals surface area (Å²) < 4.78 is 11.5. The Kier molecular flexibility index (Phi) is 6.80. The average molecular weight is 346 g/mol. The van der Waals surface area contributed by atoms with E-state index >= 15 is 0 Å². The molecule has 0 bridgehead atoms. The number of guanidine groups is 1.